The van der Waals surface area contributed by atoms with Crippen LogP contribution in [0.1, 0.15) is 57.2 Å². The van der Waals surface area contributed by atoms with Crippen molar-refractivity contribution in [1.82, 2.24) is 25.5 Å². The van der Waals surface area contributed by atoms with E-state index in [1.165, 1.54) is 0 Å². The lowest BCUT2D eigenvalue weighted by Gasteiger charge is -2.19. The first-order valence-corrected chi connectivity index (χ1v) is 11.6. The summed E-state index contributed by atoms with van der Waals surface area (Å²) in [7, 11) is 0. The second-order valence-corrected chi connectivity index (χ2v) is 8.33. The number of hydrogen-bond acceptors (Lipinski definition) is 5. The van der Waals surface area contributed by atoms with Crippen molar-refractivity contribution in [2.24, 2.45) is 0 Å². The number of urea groups is 1. The van der Waals surface area contributed by atoms with E-state index in [1.807, 2.05) is 24.3 Å². The average molecular weight is 454 g/mol. The second-order valence-electron chi connectivity index (χ2n) is 8.33. The molecule has 0 spiro atoms. The Balaban J connectivity index is 1.53. The maximum Gasteiger partial charge on any atom is 0.329 e. The molecule has 4 rings (SSSR count). The first kappa shape index (κ1) is 22.8. The third-order valence-corrected chi connectivity index (χ3v) is 5.89. The van der Waals surface area contributed by atoms with Crippen LogP contribution in [0.5, 0.6) is 0 Å². The van der Waals surface area contributed by atoms with Crippen LogP contribution in [-0.4, -0.2) is 45.7 Å². The predicted octanol–water partition coefficient (Wildman–Crippen LogP) is 2.68. The van der Waals surface area contributed by atoms with Gasteiger partial charge in [0.2, 0.25) is 11.8 Å². The summed E-state index contributed by atoms with van der Waals surface area (Å²) in [6, 6.07) is 7.38. The number of nitrogens with zero attached hydrogens (tertiary/aromatic N) is 4. The summed E-state index contributed by atoms with van der Waals surface area (Å²) in [5.41, 5.74) is 6.19. The molecule has 10 nitrogen and oxygen atoms in total. The van der Waals surface area contributed by atoms with Crippen LogP contribution in [-0.2, 0) is 22.7 Å². The van der Waals surface area contributed by atoms with E-state index >= 15 is 0 Å². The Bertz CT molecular complexity index is 1030. The minimum Gasteiger partial charge on any atom is -0.337 e. The Hall–Kier alpha value is -3.40. The van der Waals surface area contributed by atoms with Crippen LogP contribution >= 0.6 is 0 Å². The van der Waals surface area contributed by atoms with Gasteiger partial charge < -0.3 is 15.5 Å². The fourth-order valence-electron chi connectivity index (χ4n) is 4.09. The molecule has 3 heterocycles. The lowest BCUT2D eigenvalue weighted by molar-refractivity contribution is -0.117. The predicted molar refractivity (Wildman–Crippen MR) is 125 cm³/mol. The van der Waals surface area contributed by atoms with Gasteiger partial charge in [0.15, 0.2) is 0 Å². The quantitative estimate of drug-likeness (QED) is 0.532. The normalized spacial score (nSPS) is 15.6. The third kappa shape index (κ3) is 5.00. The topological polar surface area (TPSA) is 112 Å². The SMILES string of the molecule is CCCCNC(=O)NN1Cc2nn(-c3ccc(N4CCCC4=O)cc3)c(NC(=O)CC)c2C1. The molecular weight excluding hydrogens is 422 g/mol. The molecule has 4 amide bonds. The van der Waals surface area contributed by atoms with Gasteiger partial charge in [0.1, 0.15) is 5.82 Å². The van der Waals surface area contributed by atoms with Crippen molar-refractivity contribution < 1.29 is 14.4 Å². The van der Waals surface area contributed by atoms with E-state index in [0.717, 1.165) is 48.4 Å². The average Bonchev–Trinajstić information content (AvgIpc) is 3.49. The molecule has 1 fully saturated rings. The van der Waals surface area contributed by atoms with E-state index in [4.69, 9.17) is 5.10 Å². The van der Waals surface area contributed by atoms with Crippen LogP contribution in [0.25, 0.3) is 5.69 Å². The van der Waals surface area contributed by atoms with Crippen LogP contribution in [0.3, 0.4) is 0 Å². The fraction of sp³-hybridized carbons (Fsp3) is 0.478. The molecule has 2 aliphatic heterocycles. The lowest BCUT2D eigenvalue weighted by Crippen LogP contribution is -2.45. The van der Waals surface area contributed by atoms with Crippen molar-refractivity contribution >= 4 is 29.4 Å². The molecule has 1 aromatic carbocycles. The van der Waals surface area contributed by atoms with Crippen LogP contribution in [0.15, 0.2) is 24.3 Å². The van der Waals surface area contributed by atoms with Gasteiger partial charge in [-0.2, -0.15) is 5.10 Å². The summed E-state index contributed by atoms with van der Waals surface area (Å²) in [5, 5.41) is 12.3. The Morgan fingerprint density at radius 1 is 1.09 bits per heavy atom. The zero-order valence-electron chi connectivity index (χ0n) is 19.2. The maximum atomic E-state index is 12.2. The Morgan fingerprint density at radius 3 is 2.52 bits per heavy atom. The van der Waals surface area contributed by atoms with Crippen LogP contribution in [0.2, 0.25) is 0 Å². The van der Waals surface area contributed by atoms with Gasteiger partial charge >= 0.3 is 6.03 Å². The van der Waals surface area contributed by atoms with Gasteiger partial charge in [-0.25, -0.2) is 14.5 Å². The van der Waals surface area contributed by atoms with E-state index in [2.05, 4.69) is 23.0 Å². The number of hydrazine groups is 1. The van der Waals surface area contributed by atoms with Crippen LogP contribution in [0, 0.1) is 0 Å². The molecule has 3 N–H and O–H groups in total. The smallest absolute Gasteiger partial charge is 0.329 e. The second kappa shape index (κ2) is 10.0. The highest BCUT2D eigenvalue weighted by atomic mass is 16.2. The first-order chi connectivity index (χ1) is 16.0. The van der Waals surface area contributed by atoms with E-state index in [0.29, 0.717) is 38.3 Å². The standard InChI is InChI=1S/C23H31N7O3/c1-3-5-12-24-23(33)27-28-14-18-19(15-28)26-30(22(18)25-20(31)4-2)17-10-8-16(9-11-17)29-13-6-7-21(29)32/h8-11H,3-7,12-15H2,1-2H3,(H,25,31)(H2,24,27,33). The molecule has 0 atom stereocenters. The van der Waals surface area contributed by atoms with Gasteiger partial charge in [-0.05, 0) is 37.1 Å². The minimum absolute atomic E-state index is 0.109. The maximum absolute atomic E-state index is 12.2. The van der Waals surface area contributed by atoms with Gasteiger partial charge in [-0.15, -0.1) is 0 Å². The highest BCUT2D eigenvalue weighted by Gasteiger charge is 2.30. The van der Waals surface area contributed by atoms with Gasteiger partial charge in [0, 0.05) is 43.7 Å². The number of anilines is 2. The Morgan fingerprint density at radius 2 is 1.85 bits per heavy atom. The summed E-state index contributed by atoms with van der Waals surface area (Å²) in [5.74, 6) is 0.641. The highest BCUT2D eigenvalue weighted by molar-refractivity contribution is 5.95. The summed E-state index contributed by atoms with van der Waals surface area (Å²) in [4.78, 5) is 38.2. The number of hydrogen-bond donors (Lipinski definition) is 3. The Kier molecular flexibility index (Phi) is 6.93. The molecule has 10 heteroatoms. The molecule has 0 aliphatic carbocycles. The van der Waals surface area contributed by atoms with Gasteiger partial charge in [0.05, 0.1) is 17.9 Å². The van der Waals surface area contributed by atoms with E-state index in [9.17, 15) is 14.4 Å². The zero-order valence-corrected chi connectivity index (χ0v) is 19.2. The van der Waals surface area contributed by atoms with Crippen LogP contribution in [0.4, 0.5) is 16.3 Å². The van der Waals surface area contributed by atoms with Crippen molar-refractivity contribution in [1.29, 1.82) is 0 Å². The number of rotatable bonds is 8. The number of carbonyl (C=O) groups excluding carboxylic acids is 3. The number of fused-ring (bicyclic) bond motifs is 1. The number of amides is 4. The summed E-state index contributed by atoms with van der Waals surface area (Å²) in [6.45, 7) is 6.12. The Labute approximate surface area is 193 Å². The number of carbonyl (C=O) groups is 3. The molecule has 176 valence electrons. The highest BCUT2D eigenvalue weighted by Crippen LogP contribution is 2.31. The van der Waals surface area contributed by atoms with Gasteiger partial charge in [-0.1, -0.05) is 20.3 Å². The fourth-order valence-corrected chi connectivity index (χ4v) is 4.09. The van der Waals surface area contributed by atoms with Crippen molar-refractivity contribution in [3.05, 3.63) is 35.5 Å². The molecule has 0 radical (unpaired) electrons. The largest absolute Gasteiger partial charge is 0.337 e. The molecule has 33 heavy (non-hydrogen) atoms. The van der Waals surface area contributed by atoms with Crippen molar-refractivity contribution in [3.63, 3.8) is 0 Å². The molecule has 0 saturated carbocycles. The molecular formula is C23H31N7O3. The monoisotopic (exact) mass is 453 g/mol. The summed E-state index contributed by atoms with van der Waals surface area (Å²) >= 11 is 0. The van der Waals surface area contributed by atoms with E-state index < -0.39 is 0 Å². The third-order valence-electron chi connectivity index (χ3n) is 5.89. The van der Waals surface area contributed by atoms with Gasteiger partial charge in [-0.3, -0.25) is 15.0 Å². The number of nitrogens with one attached hydrogen (secondary N) is 3. The molecule has 2 aliphatic rings. The van der Waals surface area contributed by atoms with E-state index in [-0.39, 0.29) is 17.8 Å². The molecule has 2 aromatic rings. The summed E-state index contributed by atoms with van der Waals surface area (Å²) < 4.78 is 1.73. The molecule has 1 saturated heterocycles. The van der Waals surface area contributed by atoms with Crippen molar-refractivity contribution in [2.45, 2.75) is 59.0 Å². The number of unbranched alkanes of at least 4 members (excludes halogenated alkanes) is 1. The molecule has 0 unspecified atom stereocenters. The molecule has 1 aromatic heterocycles. The van der Waals surface area contributed by atoms with Gasteiger partial charge in [0.25, 0.3) is 0 Å². The zero-order chi connectivity index (χ0) is 23.4. The van der Waals surface area contributed by atoms with E-state index in [1.54, 1.807) is 21.5 Å². The first-order valence-electron chi connectivity index (χ1n) is 11.6. The van der Waals surface area contributed by atoms with Crippen molar-refractivity contribution in [3.8, 4) is 5.69 Å². The van der Waals surface area contributed by atoms with Crippen LogP contribution < -0.4 is 21.0 Å². The minimum atomic E-state index is -0.243. The summed E-state index contributed by atoms with van der Waals surface area (Å²) in [6.07, 6.45) is 3.75. The lowest BCUT2D eigenvalue weighted by atomic mass is 10.2. The molecule has 0 bridgehead atoms. The number of aromatic nitrogens is 2. The van der Waals surface area contributed by atoms with Crippen molar-refractivity contribution in [2.75, 3.05) is 23.3 Å². The number of benzene rings is 1.